The van der Waals surface area contributed by atoms with Crippen LogP contribution in [0.5, 0.6) is 5.75 Å². The number of rotatable bonds is 5. The molecule has 0 fully saturated rings. The summed E-state index contributed by atoms with van der Waals surface area (Å²) in [6.07, 6.45) is 1.53. The van der Waals surface area contributed by atoms with Gasteiger partial charge >= 0.3 is 0 Å². The Balaban J connectivity index is 1.56. The van der Waals surface area contributed by atoms with Crippen LogP contribution < -0.4 is 20.7 Å². The molecule has 0 aliphatic rings. The van der Waals surface area contributed by atoms with Crippen LogP contribution in [0.3, 0.4) is 0 Å². The number of benzene rings is 3. The summed E-state index contributed by atoms with van der Waals surface area (Å²) in [6, 6.07) is 20.8. The third-order valence-electron chi connectivity index (χ3n) is 4.31. The second kappa shape index (κ2) is 8.94. The number of anilines is 4. The van der Waals surface area contributed by atoms with Crippen LogP contribution in [0.4, 0.5) is 22.9 Å². The molecule has 0 unspecified atom stereocenters. The Hall–Kier alpha value is -3.42. The average Bonchev–Trinajstić information content (AvgIpc) is 2.74. The number of nitrogens with zero attached hydrogens (tertiary/aromatic N) is 2. The molecule has 0 amide bonds. The van der Waals surface area contributed by atoms with Gasteiger partial charge in [0.1, 0.15) is 17.9 Å². The highest BCUT2D eigenvalue weighted by Crippen LogP contribution is 2.27. The van der Waals surface area contributed by atoms with Gasteiger partial charge in [-0.15, -0.1) is 0 Å². The number of methoxy groups -OCH3 is 1. The molecule has 1 aromatic heterocycles. The lowest BCUT2D eigenvalue weighted by Crippen LogP contribution is -2.19. The molecule has 0 radical (unpaired) electrons. The smallest absolute Gasteiger partial charge is 0.175 e. The van der Waals surface area contributed by atoms with Gasteiger partial charge < -0.3 is 20.7 Å². The van der Waals surface area contributed by atoms with Gasteiger partial charge in [0.25, 0.3) is 0 Å². The van der Waals surface area contributed by atoms with Crippen molar-refractivity contribution < 1.29 is 4.74 Å². The molecule has 8 heteroatoms. The quantitative estimate of drug-likeness (QED) is 0.340. The van der Waals surface area contributed by atoms with Crippen LogP contribution in [-0.4, -0.2) is 22.2 Å². The minimum atomic E-state index is 0.454. The van der Waals surface area contributed by atoms with Crippen molar-refractivity contribution in [3.05, 3.63) is 78.1 Å². The minimum absolute atomic E-state index is 0.454. The minimum Gasteiger partial charge on any atom is -0.497 e. The van der Waals surface area contributed by atoms with E-state index in [4.69, 9.17) is 28.6 Å². The van der Waals surface area contributed by atoms with Gasteiger partial charge in [0, 0.05) is 33.5 Å². The number of hydrogen-bond donors (Lipinski definition) is 3. The van der Waals surface area contributed by atoms with E-state index < -0.39 is 0 Å². The average molecular weight is 436 g/mol. The van der Waals surface area contributed by atoms with Gasteiger partial charge in [0.2, 0.25) is 0 Å². The zero-order valence-electron chi connectivity index (χ0n) is 16.0. The SMILES string of the molecule is COc1cccc(Nc2ncnc3ccc(NC(=S)Nc4cccc(Cl)c4)cc23)c1. The molecule has 0 saturated carbocycles. The molecule has 4 rings (SSSR count). The van der Waals surface area contributed by atoms with Crippen molar-refractivity contribution in [1.82, 2.24) is 9.97 Å². The Labute approximate surface area is 184 Å². The fourth-order valence-electron chi connectivity index (χ4n) is 2.93. The molecule has 30 heavy (non-hydrogen) atoms. The van der Waals surface area contributed by atoms with Crippen molar-refractivity contribution in [3.8, 4) is 5.75 Å². The van der Waals surface area contributed by atoms with Crippen molar-refractivity contribution in [2.45, 2.75) is 0 Å². The Morgan fingerprint density at radius 3 is 2.47 bits per heavy atom. The summed E-state index contributed by atoms with van der Waals surface area (Å²) >= 11 is 11.4. The zero-order chi connectivity index (χ0) is 20.9. The van der Waals surface area contributed by atoms with E-state index in [0.29, 0.717) is 16.0 Å². The number of nitrogens with one attached hydrogen (secondary N) is 3. The molecule has 4 aromatic rings. The number of ether oxygens (including phenoxy) is 1. The molecule has 0 aliphatic heterocycles. The zero-order valence-corrected chi connectivity index (χ0v) is 17.6. The molecule has 6 nitrogen and oxygen atoms in total. The highest BCUT2D eigenvalue weighted by Gasteiger charge is 2.07. The van der Waals surface area contributed by atoms with Crippen molar-refractivity contribution in [3.63, 3.8) is 0 Å². The Morgan fingerprint density at radius 1 is 0.900 bits per heavy atom. The number of thiocarbonyl (C=S) groups is 1. The molecule has 3 aromatic carbocycles. The maximum atomic E-state index is 6.02. The highest BCUT2D eigenvalue weighted by molar-refractivity contribution is 7.80. The van der Waals surface area contributed by atoms with E-state index in [1.807, 2.05) is 60.7 Å². The van der Waals surface area contributed by atoms with Crippen molar-refractivity contribution in [2.24, 2.45) is 0 Å². The molecule has 150 valence electrons. The van der Waals surface area contributed by atoms with Crippen LogP contribution in [0.15, 0.2) is 73.1 Å². The summed E-state index contributed by atoms with van der Waals surface area (Å²) in [5.41, 5.74) is 3.30. The van der Waals surface area contributed by atoms with Gasteiger partial charge in [-0.05, 0) is 60.7 Å². The molecular formula is C22H18ClN5OS. The predicted molar refractivity (Wildman–Crippen MR) is 127 cm³/mol. The van der Waals surface area contributed by atoms with Crippen molar-refractivity contribution >= 4 is 62.7 Å². The number of hydrogen-bond acceptors (Lipinski definition) is 5. The summed E-state index contributed by atoms with van der Waals surface area (Å²) in [5, 5.41) is 11.6. The summed E-state index contributed by atoms with van der Waals surface area (Å²) in [4.78, 5) is 8.75. The van der Waals surface area contributed by atoms with Crippen LogP contribution in [0.2, 0.25) is 5.02 Å². The first-order valence-electron chi connectivity index (χ1n) is 9.10. The normalized spacial score (nSPS) is 10.5. The lowest BCUT2D eigenvalue weighted by molar-refractivity contribution is 0.415. The molecule has 0 saturated heterocycles. The van der Waals surface area contributed by atoms with Crippen molar-refractivity contribution in [2.75, 3.05) is 23.1 Å². The number of halogens is 1. The van der Waals surface area contributed by atoms with E-state index in [-0.39, 0.29) is 0 Å². The largest absolute Gasteiger partial charge is 0.497 e. The molecule has 0 spiro atoms. The number of fused-ring (bicyclic) bond motifs is 1. The van der Waals surface area contributed by atoms with Gasteiger partial charge in [0.05, 0.1) is 12.6 Å². The second-order valence-corrected chi connectivity index (χ2v) is 7.25. The first kappa shape index (κ1) is 19.9. The Kier molecular flexibility index (Phi) is 5.92. The van der Waals surface area contributed by atoms with Gasteiger partial charge in [-0.2, -0.15) is 0 Å². The standard InChI is InChI=1S/C22H18ClN5OS/c1-29-18-7-3-6-16(11-18)26-21-19-12-17(8-9-20(19)24-13-25-21)28-22(30)27-15-5-2-4-14(23)10-15/h2-13H,1H3,(H,24,25,26)(H2,27,28,30). The maximum Gasteiger partial charge on any atom is 0.175 e. The monoisotopic (exact) mass is 435 g/mol. The van der Waals surface area contributed by atoms with E-state index in [2.05, 4.69) is 25.9 Å². The predicted octanol–water partition coefficient (Wildman–Crippen LogP) is 5.84. The van der Waals surface area contributed by atoms with Gasteiger partial charge in [-0.3, -0.25) is 0 Å². The fourth-order valence-corrected chi connectivity index (χ4v) is 3.36. The summed E-state index contributed by atoms with van der Waals surface area (Å²) in [6.45, 7) is 0. The molecular weight excluding hydrogens is 418 g/mol. The fraction of sp³-hybridized carbons (Fsp3) is 0.0455. The lowest BCUT2D eigenvalue weighted by atomic mass is 10.2. The van der Waals surface area contributed by atoms with Gasteiger partial charge in [0.15, 0.2) is 5.11 Å². The van der Waals surface area contributed by atoms with Gasteiger partial charge in [-0.1, -0.05) is 23.7 Å². The molecule has 0 aliphatic carbocycles. The maximum absolute atomic E-state index is 6.02. The summed E-state index contributed by atoms with van der Waals surface area (Å²) in [5.74, 6) is 1.45. The van der Waals surface area contributed by atoms with E-state index in [0.717, 1.165) is 33.7 Å². The van der Waals surface area contributed by atoms with Crippen molar-refractivity contribution in [1.29, 1.82) is 0 Å². The summed E-state index contributed by atoms with van der Waals surface area (Å²) in [7, 11) is 1.64. The third kappa shape index (κ3) is 4.76. The third-order valence-corrected chi connectivity index (χ3v) is 4.75. The number of aromatic nitrogens is 2. The lowest BCUT2D eigenvalue weighted by Gasteiger charge is -2.13. The van der Waals surface area contributed by atoms with E-state index >= 15 is 0 Å². The van der Waals surface area contributed by atoms with Crippen LogP contribution >= 0.6 is 23.8 Å². The highest BCUT2D eigenvalue weighted by atomic mass is 35.5. The first-order chi connectivity index (χ1) is 14.6. The van der Waals surface area contributed by atoms with E-state index in [1.165, 1.54) is 6.33 Å². The van der Waals surface area contributed by atoms with E-state index in [1.54, 1.807) is 13.2 Å². The molecule has 3 N–H and O–H groups in total. The molecule has 1 heterocycles. The second-order valence-electron chi connectivity index (χ2n) is 6.40. The van der Waals surface area contributed by atoms with Crippen LogP contribution in [-0.2, 0) is 0 Å². The molecule has 0 atom stereocenters. The van der Waals surface area contributed by atoms with Gasteiger partial charge in [-0.25, -0.2) is 9.97 Å². The topological polar surface area (TPSA) is 71.1 Å². The first-order valence-corrected chi connectivity index (χ1v) is 9.89. The van der Waals surface area contributed by atoms with Crippen LogP contribution in [0.25, 0.3) is 10.9 Å². The Bertz CT molecular complexity index is 1220. The van der Waals surface area contributed by atoms with Crippen LogP contribution in [0.1, 0.15) is 0 Å². The van der Waals surface area contributed by atoms with E-state index in [9.17, 15) is 0 Å². The van der Waals surface area contributed by atoms with Crippen LogP contribution in [0, 0.1) is 0 Å². The Morgan fingerprint density at radius 2 is 1.67 bits per heavy atom. The summed E-state index contributed by atoms with van der Waals surface area (Å²) < 4.78 is 5.29. The molecule has 0 bridgehead atoms.